The summed E-state index contributed by atoms with van der Waals surface area (Å²) in [5.74, 6) is -1.42. The average molecular weight is 427 g/mol. The molecule has 0 radical (unpaired) electrons. The van der Waals surface area contributed by atoms with Gasteiger partial charge in [0.1, 0.15) is 22.5 Å². The van der Waals surface area contributed by atoms with E-state index in [1.54, 1.807) is 13.0 Å². The third-order valence-electron chi connectivity index (χ3n) is 4.16. The maximum absolute atomic E-state index is 13.4. The SMILES string of the molecule is Cn1cc(S(=O)(=O)NC2(C)COC2)c(Cl)c1C(=O)Nc1ccc(F)c(C#N)c1. The highest BCUT2D eigenvalue weighted by molar-refractivity contribution is 7.89. The summed E-state index contributed by atoms with van der Waals surface area (Å²) in [5, 5.41) is 11.1. The van der Waals surface area contributed by atoms with E-state index >= 15 is 0 Å². The summed E-state index contributed by atoms with van der Waals surface area (Å²) >= 11 is 6.20. The topological polar surface area (TPSA) is 113 Å². The smallest absolute Gasteiger partial charge is 0.273 e. The molecule has 0 aliphatic carbocycles. The molecule has 1 amide bonds. The van der Waals surface area contributed by atoms with Crippen molar-refractivity contribution in [3.8, 4) is 6.07 Å². The normalized spacial score (nSPS) is 15.5. The summed E-state index contributed by atoms with van der Waals surface area (Å²) in [4.78, 5) is 12.4. The number of rotatable bonds is 5. The molecule has 2 heterocycles. The van der Waals surface area contributed by atoms with E-state index in [4.69, 9.17) is 21.6 Å². The van der Waals surface area contributed by atoms with Crippen LogP contribution in [0.2, 0.25) is 5.02 Å². The van der Waals surface area contributed by atoms with Crippen LogP contribution in [0.3, 0.4) is 0 Å². The molecular weight excluding hydrogens is 411 g/mol. The Balaban J connectivity index is 1.89. The van der Waals surface area contributed by atoms with Crippen LogP contribution in [0.4, 0.5) is 10.1 Å². The number of halogens is 2. The highest BCUT2D eigenvalue weighted by atomic mass is 35.5. The number of amides is 1. The van der Waals surface area contributed by atoms with Crippen molar-refractivity contribution in [2.24, 2.45) is 7.05 Å². The lowest BCUT2D eigenvalue weighted by atomic mass is 10.0. The summed E-state index contributed by atoms with van der Waals surface area (Å²) in [7, 11) is -2.52. The molecule has 0 bridgehead atoms. The van der Waals surface area contributed by atoms with Gasteiger partial charge >= 0.3 is 0 Å². The third kappa shape index (κ3) is 3.74. The molecule has 0 spiro atoms. The second kappa shape index (κ2) is 7.18. The zero-order valence-electron chi connectivity index (χ0n) is 14.9. The van der Waals surface area contributed by atoms with Crippen LogP contribution in [0.25, 0.3) is 0 Å². The first kappa shape index (κ1) is 20.3. The second-order valence-corrected chi connectivity index (χ2v) is 8.72. The molecule has 2 aromatic rings. The fraction of sp³-hybridized carbons (Fsp3) is 0.294. The quantitative estimate of drug-likeness (QED) is 0.759. The second-order valence-electron chi connectivity index (χ2n) is 6.69. The first-order valence-electron chi connectivity index (χ1n) is 8.04. The highest BCUT2D eigenvalue weighted by Crippen LogP contribution is 2.30. The Kier molecular flexibility index (Phi) is 5.20. The van der Waals surface area contributed by atoms with Crippen LogP contribution in [0.1, 0.15) is 23.0 Å². The number of carbonyl (C=O) groups is 1. The van der Waals surface area contributed by atoms with Gasteiger partial charge in [-0.05, 0) is 25.1 Å². The van der Waals surface area contributed by atoms with Gasteiger partial charge < -0.3 is 14.6 Å². The molecule has 0 atom stereocenters. The number of nitrogens with one attached hydrogen (secondary N) is 2. The van der Waals surface area contributed by atoms with E-state index in [1.165, 1.54) is 29.9 Å². The van der Waals surface area contributed by atoms with Gasteiger partial charge in [0.05, 0.1) is 29.3 Å². The fourth-order valence-corrected chi connectivity index (χ4v) is 4.82. The van der Waals surface area contributed by atoms with E-state index in [-0.39, 0.29) is 40.1 Å². The molecule has 0 unspecified atom stereocenters. The molecule has 3 rings (SSSR count). The molecule has 1 aliphatic rings. The van der Waals surface area contributed by atoms with Gasteiger partial charge in [0.2, 0.25) is 10.0 Å². The van der Waals surface area contributed by atoms with Gasteiger partial charge in [-0.3, -0.25) is 4.79 Å². The summed E-state index contributed by atoms with van der Waals surface area (Å²) in [6.07, 6.45) is 1.23. The first-order valence-corrected chi connectivity index (χ1v) is 9.90. The van der Waals surface area contributed by atoms with Crippen LogP contribution in [0.15, 0.2) is 29.3 Å². The molecule has 2 N–H and O–H groups in total. The van der Waals surface area contributed by atoms with Crippen molar-refractivity contribution in [2.75, 3.05) is 18.5 Å². The van der Waals surface area contributed by atoms with Gasteiger partial charge in [0, 0.05) is 18.9 Å². The van der Waals surface area contributed by atoms with Crippen molar-refractivity contribution in [1.82, 2.24) is 9.29 Å². The van der Waals surface area contributed by atoms with Crippen LogP contribution in [-0.4, -0.2) is 37.6 Å². The van der Waals surface area contributed by atoms with Gasteiger partial charge in [0.25, 0.3) is 5.91 Å². The maximum Gasteiger partial charge on any atom is 0.273 e. The number of carbonyl (C=O) groups excluding carboxylic acids is 1. The Hall–Kier alpha value is -2.45. The lowest BCUT2D eigenvalue weighted by Crippen LogP contribution is -2.59. The predicted molar refractivity (Wildman–Crippen MR) is 99.0 cm³/mol. The number of hydrogen-bond donors (Lipinski definition) is 2. The van der Waals surface area contributed by atoms with Crippen molar-refractivity contribution < 1.29 is 22.3 Å². The number of nitrogens with zero attached hydrogens (tertiary/aromatic N) is 2. The van der Waals surface area contributed by atoms with Crippen LogP contribution in [-0.2, 0) is 21.8 Å². The molecule has 1 aliphatic heterocycles. The lowest BCUT2D eigenvalue weighted by molar-refractivity contribution is -0.0523. The number of hydrogen-bond acceptors (Lipinski definition) is 5. The Morgan fingerprint density at radius 2 is 2.11 bits per heavy atom. The van der Waals surface area contributed by atoms with E-state index in [9.17, 15) is 17.6 Å². The molecular formula is C17H16ClFN4O4S. The minimum absolute atomic E-state index is 0.0973. The zero-order valence-corrected chi connectivity index (χ0v) is 16.5. The Bertz CT molecular complexity index is 1100. The summed E-state index contributed by atoms with van der Waals surface area (Å²) in [6, 6.07) is 5.16. The van der Waals surface area contributed by atoms with E-state index in [0.29, 0.717) is 0 Å². The fourth-order valence-electron chi connectivity index (χ4n) is 2.74. The van der Waals surface area contributed by atoms with Crippen molar-refractivity contribution >= 4 is 33.2 Å². The number of anilines is 1. The largest absolute Gasteiger partial charge is 0.377 e. The van der Waals surface area contributed by atoms with Crippen molar-refractivity contribution in [3.05, 3.63) is 46.5 Å². The van der Waals surface area contributed by atoms with E-state index in [0.717, 1.165) is 6.07 Å². The highest BCUT2D eigenvalue weighted by Gasteiger charge is 2.39. The number of benzene rings is 1. The van der Waals surface area contributed by atoms with Crippen molar-refractivity contribution in [1.29, 1.82) is 5.26 Å². The molecule has 8 nitrogen and oxygen atoms in total. The predicted octanol–water partition coefficient (Wildman–Crippen LogP) is 2.01. The molecule has 1 aromatic carbocycles. The Morgan fingerprint density at radius 1 is 1.43 bits per heavy atom. The maximum atomic E-state index is 13.4. The lowest BCUT2D eigenvalue weighted by Gasteiger charge is -2.38. The number of aryl methyl sites for hydroxylation is 1. The number of aromatic nitrogens is 1. The van der Waals surface area contributed by atoms with Crippen molar-refractivity contribution in [2.45, 2.75) is 17.4 Å². The molecule has 1 aromatic heterocycles. The van der Waals surface area contributed by atoms with Crippen LogP contribution in [0.5, 0.6) is 0 Å². The summed E-state index contributed by atoms with van der Waals surface area (Å²) < 4.78 is 47.6. The van der Waals surface area contributed by atoms with Gasteiger partial charge in [-0.15, -0.1) is 0 Å². The minimum atomic E-state index is -3.99. The zero-order chi connectivity index (χ0) is 20.7. The Morgan fingerprint density at radius 3 is 2.68 bits per heavy atom. The molecule has 1 fully saturated rings. The van der Waals surface area contributed by atoms with E-state index < -0.39 is 27.3 Å². The first-order chi connectivity index (χ1) is 13.1. The van der Waals surface area contributed by atoms with Crippen molar-refractivity contribution in [3.63, 3.8) is 0 Å². The molecule has 1 saturated heterocycles. The Labute approximate surface area is 165 Å². The van der Waals surface area contributed by atoms with E-state index in [2.05, 4.69) is 10.0 Å². The standard InChI is InChI=1S/C17H16ClFN4O4S/c1-17(8-27-9-17)22-28(25,26)13-7-23(2)15(14(13)18)16(24)21-11-3-4-12(19)10(5-11)6-20/h3-5,7,22H,8-9H2,1-2H3,(H,21,24). The summed E-state index contributed by atoms with van der Waals surface area (Å²) in [5.41, 5.74) is -0.900. The number of ether oxygens (including phenoxy) is 1. The molecule has 11 heteroatoms. The molecule has 0 saturated carbocycles. The molecule has 28 heavy (non-hydrogen) atoms. The minimum Gasteiger partial charge on any atom is -0.377 e. The van der Waals surface area contributed by atoms with Gasteiger partial charge in [-0.25, -0.2) is 17.5 Å². The third-order valence-corrected chi connectivity index (χ3v) is 6.30. The average Bonchev–Trinajstić information content (AvgIpc) is 2.90. The number of sulfonamides is 1. The van der Waals surface area contributed by atoms with Gasteiger partial charge in [0.15, 0.2) is 0 Å². The monoisotopic (exact) mass is 426 g/mol. The van der Waals surface area contributed by atoms with Crippen LogP contribution >= 0.6 is 11.6 Å². The molecule has 148 valence electrons. The van der Waals surface area contributed by atoms with Gasteiger partial charge in [-0.1, -0.05) is 11.6 Å². The van der Waals surface area contributed by atoms with Crippen LogP contribution in [0, 0.1) is 17.1 Å². The van der Waals surface area contributed by atoms with Gasteiger partial charge in [-0.2, -0.15) is 5.26 Å². The van der Waals surface area contributed by atoms with E-state index in [1.807, 2.05) is 0 Å². The summed E-state index contributed by atoms with van der Waals surface area (Å²) in [6.45, 7) is 2.16. The van der Waals surface area contributed by atoms with Crippen LogP contribution < -0.4 is 10.0 Å². The number of nitriles is 1.